The summed E-state index contributed by atoms with van der Waals surface area (Å²) in [6.07, 6.45) is 6.97. The van der Waals surface area contributed by atoms with Gasteiger partial charge in [-0.25, -0.2) is 4.68 Å². The minimum atomic E-state index is -3.48. The topological polar surface area (TPSA) is 122 Å². The number of phenols is 1. The Labute approximate surface area is 211 Å². The number of phenolic OH excluding ortho intramolecular Hbond substituents is 1. The zero-order valence-corrected chi connectivity index (χ0v) is 21.6. The third-order valence-corrected chi connectivity index (χ3v) is 6.48. The van der Waals surface area contributed by atoms with Crippen LogP contribution in [-0.2, 0) is 23.8 Å². The molecule has 0 radical (unpaired) electrons. The van der Waals surface area contributed by atoms with Crippen LogP contribution < -0.4 is 4.74 Å². The Bertz CT molecular complexity index is 1270. The molecule has 0 spiro atoms. The summed E-state index contributed by atoms with van der Waals surface area (Å²) in [7, 11) is -3.48. The summed E-state index contributed by atoms with van der Waals surface area (Å²) in [5.74, 6) is 0.726. The molecular formula is C25H33N3O7S. The second-order valence-corrected chi connectivity index (χ2v) is 10.7. The minimum absolute atomic E-state index is 0.144. The van der Waals surface area contributed by atoms with Crippen molar-refractivity contribution in [2.75, 3.05) is 26.1 Å². The Balaban J connectivity index is 1.43. The summed E-state index contributed by atoms with van der Waals surface area (Å²) in [5.41, 5.74) is 2.34. The van der Waals surface area contributed by atoms with Gasteiger partial charge in [-0.3, -0.25) is 9.17 Å². The number of hydrogen-bond donors (Lipinski definition) is 1. The number of ether oxygens (including phenoxy) is 3. The molecule has 0 saturated carbocycles. The van der Waals surface area contributed by atoms with Crippen molar-refractivity contribution in [3.8, 4) is 22.8 Å². The number of benzene rings is 1. The van der Waals surface area contributed by atoms with E-state index in [1.807, 2.05) is 23.7 Å². The van der Waals surface area contributed by atoms with Crippen molar-refractivity contribution in [3.05, 3.63) is 36.7 Å². The highest BCUT2D eigenvalue weighted by Gasteiger charge is 2.22. The fourth-order valence-corrected chi connectivity index (χ4v) is 4.90. The van der Waals surface area contributed by atoms with Gasteiger partial charge in [-0.05, 0) is 63.8 Å². The molecule has 3 atom stereocenters. The van der Waals surface area contributed by atoms with Crippen LogP contribution in [0.15, 0.2) is 36.7 Å². The van der Waals surface area contributed by atoms with Crippen molar-refractivity contribution >= 4 is 21.0 Å². The van der Waals surface area contributed by atoms with E-state index in [1.165, 1.54) is 0 Å². The van der Waals surface area contributed by atoms with Gasteiger partial charge in [0, 0.05) is 30.4 Å². The average molecular weight is 520 g/mol. The van der Waals surface area contributed by atoms with Gasteiger partial charge in [-0.15, -0.1) is 0 Å². The number of nitrogens with zero attached hydrogens (tertiary/aromatic N) is 3. The standard InChI is InChI=1S/C25H33N3O7S/c1-17(35-36(3,30)31)9-11-32-16-18(2)34-21-12-19(14-26-15-21)25-22-13-20(29)7-8-23(22)28(27-25)24-6-4-5-10-33-24/h7-8,12-15,17-18,24,29H,4-6,9-11,16H2,1-3H3/t17-,18+,24?/m0/s1. The number of fused-ring (bicyclic) bond motifs is 1. The predicted octanol–water partition coefficient (Wildman–Crippen LogP) is 4.04. The Hall–Kier alpha value is -2.73. The largest absolute Gasteiger partial charge is 0.508 e. The van der Waals surface area contributed by atoms with Crippen LogP contribution >= 0.6 is 0 Å². The number of hydrogen-bond acceptors (Lipinski definition) is 9. The number of rotatable bonds is 11. The lowest BCUT2D eigenvalue weighted by Crippen LogP contribution is -2.21. The Kier molecular flexibility index (Phi) is 8.45. The van der Waals surface area contributed by atoms with E-state index < -0.39 is 16.2 Å². The van der Waals surface area contributed by atoms with Crippen molar-refractivity contribution in [2.45, 2.75) is 58.0 Å². The predicted molar refractivity (Wildman–Crippen MR) is 134 cm³/mol. The van der Waals surface area contributed by atoms with E-state index >= 15 is 0 Å². The average Bonchev–Trinajstić information content (AvgIpc) is 3.20. The number of pyridine rings is 1. The van der Waals surface area contributed by atoms with Crippen LogP contribution in [0.3, 0.4) is 0 Å². The molecule has 4 rings (SSSR count). The quantitative estimate of drug-likeness (QED) is 0.295. The fourth-order valence-electron chi connectivity index (χ4n) is 4.20. The van der Waals surface area contributed by atoms with Crippen molar-refractivity contribution in [1.82, 2.24) is 14.8 Å². The third-order valence-electron chi connectivity index (χ3n) is 5.80. The molecule has 3 heterocycles. The second-order valence-electron chi connectivity index (χ2n) is 9.13. The van der Waals surface area contributed by atoms with Crippen LogP contribution in [0.5, 0.6) is 11.5 Å². The van der Waals surface area contributed by atoms with E-state index in [1.54, 1.807) is 31.5 Å². The molecule has 1 N–H and O–H groups in total. The molecule has 3 aromatic rings. The molecule has 0 bridgehead atoms. The molecule has 0 amide bonds. The first-order valence-corrected chi connectivity index (χ1v) is 13.9. The number of aromatic nitrogens is 3. The SMILES string of the molecule is C[C@H](COCC[C@H](C)OS(C)(=O)=O)Oc1cncc(-c2nn(C3CCCCO3)c3ccc(O)cc23)c1. The van der Waals surface area contributed by atoms with Gasteiger partial charge >= 0.3 is 0 Å². The smallest absolute Gasteiger partial charge is 0.264 e. The lowest BCUT2D eigenvalue weighted by Gasteiger charge is -2.23. The minimum Gasteiger partial charge on any atom is -0.508 e. The molecule has 196 valence electrons. The molecule has 10 nitrogen and oxygen atoms in total. The molecule has 36 heavy (non-hydrogen) atoms. The summed E-state index contributed by atoms with van der Waals surface area (Å²) < 4.78 is 46.7. The maximum absolute atomic E-state index is 11.2. The molecule has 1 unspecified atom stereocenters. The fraction of sp³-hybridized carbons (Fsp3) is 0.520. The van der Waals surface area contributed by atoms with Crippen molar-refractivity contribution in [2.24, 2.45) is 0 Å². The summed E-state index contributed by atoms with van der Waals surface area (Å²) in [6, 6.07) is 7.08. The summed E-state index contributed by atoms with van der Waals surface area (Å²) in [4.78, 5) is 4.34. The maximum atomic E-state index is 11.2. The van der Waals surface area contributed by atoms with Crippen LogP contribution in [0, 0.1) is 0 Å². The van der Waals surface area contributed by atoms with Crippen LogP contribution in [0.25, 0.3) is 22.2 Å². The number of aromatic hydroxyl groups is 1. The van der Waals surface area contributed by atoms with Gasteiger partial charge in [-0.2, -0.15) is 13.5 Å². The Morgan fingerprint density at radius 2 is 2.03 bits per heavy atom. The van der Waals surface area contributed by atoms with Gasteiger partial charge in [0.25, 0.3) is 10.1 Å². The van der Waals surface area contributed by atoms with Crippen molar-refractivity contribution in [1.29, 1.82) is 0 Å². The molecule has 1 aliphatic heterocycles. The highest BCUT2D eigenvalue weighted by Crippen LogP contribution is 2.35. The van der Waals surface area contributed by atoms with Gasteiger partial charge < -0.3 is 19.3 Å². The maximum Gasteiger partial charge on any atom is 0.264 e. The van der Waals surface area contributed by atoms with Crippen molar-refractivity contribution in [3.63, 3.8) is 0 Å². The lowest BCUT2D eigenvalue weighted by atomic mass is 10.1. The first-order chi connectivity index (χ1) is 17.2. The molecule has 2 aromatic heterocycles. The summed E-state index contributed by atoms with van der Waals surface area (Å²) in [5, 5.41) is 15.8. The molecule has 1 aromatic carbocycles. The van der Waals surface area contributed by atoms with Crippen LogP contribution in [0.4, 0.5) is 0 Å². The van der Waals surface area contributed by atoms with Crippen molar-refractivity contribution < 1.29 is 31.9 Å². The van der Waals surface area contributed by atoms with Crippen LogP contribution in [0.2, 0.25) is 0 Å². The van der Waals surface area contributed by atoms with Crippen LogP contribution in [-0.4, -0.2) is 66.6 Å². The van der Waals surface area contributed by atoms with Gasteiger partial charge in [0.2, 0.25) is 0 Å². The molecule has 1 saturated heterocycles. The van der Waals surface area contributed by atoms with E-state index in [-0.39, 0.29) is 18.1 Å². The van der Waals surface area contributed by atoms with Crippen LogP contribution in [0.1, 0.15) is 45.8 Å². The molecule has 1 aliphatic rings. The third kappa shape index (κ3) is 6.94. The van der Waals surface area contributed by atoms with E-state index in [0.717, 1.165) is 42.0 Å². The van der Waals surface area contributed by atoms with E-state index in [0.29, 0.717) is 37.7 Å². The second kappa shape index (κ2) is 11.5. The zero-order valence-electron chi connectivity index (χ0n) is 20.8. The lowest BCUT2D eigenvalue weighted by molar-refractivity contribution is -0.0365. The van der Waals surface area contributed by atoms with Gasteiger partial charge in [0.1, 0.15) is 23.3 Å². The van der Waals surface area contributed by atoms with Gasteiger partial charge in [0.05, 0.1) is 30.7 Å². The van der Waals surface area contributed by atoms with E-state index in [2.05, 4.69) is 4.98 Å². The highest BCUT2D eigenvalue weighted by molar-refractivity contribution is 7.86. The Morgan fingerprint density at radius 1 is 1.19 bits per heavy atom. The summed E-state index contributed by atoms with van der Waals surface area (Å²) in [6.45, 7) is 4.94. The first-order valence-electron chi connectivity index (χ1n) is 12.1. The molecule has 11 heteroatoms. The summed E-state index contributed by atoms with van der Waals surface area (Å²) >= 11 is 0. The monoisotopic (exact) mass is 519 g/mol. The molecular weight excluding hydrogens is 486 g/mol. The van der Waals surface area contributed by atoms with Gasteiger partial charge in [0.15, 0.2) is 6.23 Å². The Morgan fingerprint density at radius 3 is 2.78 bits per heavy atom. The molecule has 1 fully saturated rings. The normalized spacial score (nSPS) is 18.2. The zero-order chi connectivity index (χ0) is 25.7. The van der Waals surface area contributed by atoms with Gasteiger partial charge in [-0.1, -0.05) is 0 Å². The first kappa shape index (κ1) is 26.3. The highest BCUT2D eigenvalue weighted by atomic mass is 32.2. The van der Waals surface area contributed by atoms with E-state index in [9.17, 15) is 13.5 Å². The molecule has 0 aliphatic carbocycles. The van der Waals surface area contributed by atoms with E-state index in [4.69, 9.17) is 23.5 Å².